The summed E-state index contributed by atoms with van der Waals surface area (Å²) in [5.74, 6) is 0.605. The maximum atomic E-state index is 10.6. The van der Waals surface area contributed by atoms with Gasteiger partial charge in [0, 0.05) is 19.2 Å². The van der Waals surface area contributed by atoms with Gasteiger partial charge in [0.05, 0.1) is 0 Å². The van der Waals surface area contributed by atoms with Gasteiger partial charge < -0.3 is 9.67 Å². The normalized spacial score (nSPS) is 21.2. The van der Waals surface area contributed by atoms with Gasteiger partial charge in [-0.3, -0.25) is 0 Å². The van der Waals surface area contributed by atoms with Crippen molar-refractivity contribution in [2.75, 3.05) is 0 Å². The quantitative estimate of drug-likeness (QED) is 0.705. The monoisotopic (exact) mass is 180 g/mol. The van der Waals surface area contributed by atoms with Crippen molar-refractivity contribution in [3.63, 3.8) is 0 Å². The lowest BCUT2D eigenvalue weighted by Gasteiger charge is -2.19. The summed E-state index contributed by atoms with van der Waals surface area (Å²) in [7, 11) is 0. The van der Waals surface area contributed by atoms with Crippen molar-refractivity contribution in [2.24, 2.45) is 5.92 Å². The fourth-order valence-electron chi connectivity index (χ4n) is 1.72. The van der Waals surface area contributed by atoms with E-state index in [1.165, 1.54) is 0 Å². The molecule has 0 aromatic carbocycles. The van der Waals surface area contributed by atoms with E-state index in [0.717, 1.165) is 25.2 Å². The van der Waals surface area contributed by atoms with E-state index in [-0.39, 0.29) is 5.69 Å². The van der Waals surface area contributed by atoms with Crippen molar-refractivity contribution in [3.05, 3.63) is 17.7 Å². The number of hydrogen-bond acceptors (Lipinski definition) is 2. The Bertz CT molecular complexity index is 343. The van der Waals surface area contributed by atoms with Crippen LogP contribution in [0, 0.1) is 5.92 Å². The van der Waals surface area contributed by atoms with Gasteiger partial charge in [-0.2, -0.15) is 0 Å². The van der Waals surface area contributed by atoms with Crippen LogP contribution in [0.2, 0.25) is 0 Å². The second-order valence-corrected chi connectivity index (χ2v) is 3.64. The second-order valence-electron chi connectivity index (χ2n) is 3.64. The Morgan fingerprint density at radius 2 is 2.54 bits per heavy atom. The number of carboxylic acids is 1. The first kappa shape index (κ1) is 8.29. The van der Waals surface area contributed by atoms with Crippen LogP contribution < -0.4 is 0 Å². The number of carbonyl (C=O) groups is 1. The van der Waals surface area contributed by atoms with Crippen LogP contribution in [-0.2, 0) is 13.0 Å². The Hall–Kier alpha value is -1.32. The number of aromatic carboxylic acids is 1. The summed E-state index contributed by atoms with van der Waals surface area (Å²) in [6.45, 7) is 3.07. The molecule has 0 amide bonds. The van der Waals surface area contributed by atoms with Gasteiger partial charge in [0.15, 0.2) is 5.69 Å². The van der Waals surface area contributed by atoms with E-state index in [1.54, 1.807) is 6.20 Å². The summed E-state index contributed by atoms with van der Waals surface area (Å²) in [4.78, 5) is 14.7. The third-order valence-electron chi connectivity index (χ3n) is 2.45. The average molecular weight is 180 g/mol. The molecule has 4 heteroatoms. The molecular weight excluding hydrogens is 168 g/mol. The molecular formula is C9H12N2O2. The molecule has 0 unspecified atom stereocenters. The highest BCUT2D eigenvalue weighted by molar-refractivity contribution is 5.85. The first-order valence-corrected chi connectivity index (χ1v) is 4.46. The van der Waals surface area contributed by atoms with Crippen molar-refractivity contribution in [1.29, 1.82) is 0 Å². The first-order valence-electron chi connectivity index (χ1n) is 4.46. The molecule has 0 radical (unpaired) electrons. The summed E-state index contributed by atoms with van der Waals surface area (Å²) < 4.78 is 1.96. The molecule has 0 aliphatic carbocycles. The predicted molar refractivity (Wildman–Crippen MR) is 46.7 cm³/mol. The van der Waals surface area contributed by atoms with Crippen molar-refractivity contribution >= 4 is 5.97 Å². The number of nitrogens with zero attached hydrogens (tertiary/aromatic N) is 2. The van der Waals surface area contributed by atoms with E-state index in [2.05, 4.69) is 11.9 Å². The largest absolute Gasteiger partial charge is 0.476 e. The zero-order valence-electron chi connectivity index (χ0n) is 7.53. The van der Waals surface area contributed by atoms with Gasteiger partial charge in [-0.1, -0.05) is 6.92 Å². The maximum absolute atomic E-state index is 10.6. The van der Waals surface area contributed by atoms with Gasteiger partial charge >= 0.3 is 5.97 Å². The Labute approximate surface area is 76.2 Å². The number of hydrogen-bond donors (Lipinski definition) is 1. The predicted octanol–water partition coefficient (Wildman–Crippen LogP) is 1.16. The van der Waals surface area contributed by atoms with Crippen molar-refractivity contribution in [2.45, 2.75) is 26.3 Å². The van der Waals surface area contributed by atoms with E-state index >= 15 is 0 Å². The fraction of sp³-hybridized carbons (Fsp3) is 0.556. The molecule has 1 aromatic heterocycles. The van der Waals surface area contributed by atoms with E-state index in [9.17, 15) is 4.79 Å². The van der Waals surface area contributed by atoms with Gasteiger partial charge in [-0.15, -0.1) is 0 Å². The first-order chi connectivity index (χ1) is 6.16. The van der Waals surface area contributed by atoms with E-state index in [4.69, 9.17) is 5.11 Å². The molecule has 70 valence electrons. The third-order valence-corrected chi connectivity index (χ3v) is 2.45. The number of aryl methyl sites for hydroxylation is 1. The van der Waals surface area contributed by atoms with Crippen LogP contribution >= 0.6 is 0 Å². The molecule has 1 aromatic rings. The SMILES string of the molecule is C[C@@H]1CCc2nc(C(=O)O)cn2C1. The van der Waals surface area contributed by atoms with Gasteiger partial charge in [0.25, 0.3) is 0 Å². The molecule has 2 heterocycles. The number of imidazole rings is 1. The molecule has 1 atom stereocenters. The zero-order chi connectivity index (χ0) is 9.42. The molecule has 0 saturated carbocycles. The van der Waals surface area contributed by atoms with E-state index < -0.39 is 5.97 Å². The molecule has 0 bridgehead atoms. The minimum atomic E-state index is -0.936. The second kappa shape index (κ2) is 2.87. The van der Waals surface area contributed by atoms with E-state index in [0.29, 0.717) is 5.92 Å². The molecule has 13 heavy (non-hydrogen) atoms. The number of aromatic nitrogens is 2. The summed E-state index contributed by atoms with van der Waals surface area (Å²) in [5.41, 5.74) is 0.170. The van der Waals surface area contributed by atoms with Gasteiger partial charge in [0.2, 0.25) is 0 Å². The molecule has 1 N–H and O–H groups in total. The lowest BCUT2D eigenvalue weighted by molar-refractivity contribution is 0.0691. The number of carboxylic acid groups (broad SMARTS) is 1. The van der Waals surface area contributed by atoms with Crippen LogP contribution in [0.25, 0.3) is 0 Å². The average Bonchev–Trinajstić information content (AvgIpc) is 2.46. The molecule has 1 aliphatic heterocycles. The zero-order valence-corrected chi connectivity index (χ0v) is 7.53. The Balaban J connectivity index is 2.33. The molecule has 4 nitrogen and oxygen atoms in total. The van der Waals surface area contributed by atoms with Crippen molar-refractivity contribution in [3.8, 4) is 0 Å². The topological polar surface area (TPSA) is 55.1 Å². The lowest BCUT2D eigenvalue weighted by atomic mass is 10.0. The Morgan fingerprint density at radius 1 is 1.77 bits per heavy atom. The summed E-state index contributed by atoms with van der Waals surface area (Å²) in [6, 6.07) is 0. The van der Waals surface area contributed by atoms with Crippen molar-refractivity contribution < 1.29 is 9.90 Å². The summed E-state index contributed by atoms with van der Waals surface area (Å²) in [5, 5.41) is 8.72. The minimum absolute atomic E-state index is 0.170. The molecule has 0 saturated heterocycles. The standard InChI is InChI=1S/C9H12N2O2/c1-6-2-3-8-10-7(9(12)13)5-11(8)4-6/h5-6H,2-4H2,1H3,(H,12,13)/t6-/m1/s1. The van der Waals surface area contributed by atoms with Gasteiger partial charge in [-0.05, 0) is 12.3 Å². The molecule has 2 rings (SSSR count). The Morgan fingerprint density at radius 3 is 3.23 bits per heavy atom. The highest BCUT2D eigenvalue weighted by Gasteiger charge is 2.19. The Kier molecular flexibility index (Phi) is 1.83. The summed E-state index contributed by atoms with van der Waals surface area (Å²) in [6.07, 6.45) is 3.64. The molecule has 0 fully saturated rings. The minimum Gasteiger partial charge on any atom is -0.476 e. The van der Waals surface area contributed by atoms with Crippen LogP contribution in [-0.4, -0.2) is 20.6 Å². The molecule has 0 spiro atoms. The smallest absolute Gasteiger partial charge is 0.356 e. The third kappa shape index (κ3) is 1.43. The van der Waals surface area contributed by atoms with Crippen LogP contribution in [0.3, 0.4) is 0 Å². The highest BCUT2D eigenvalue weighted by atomic mass is 16.4. The van der Waals surface area contributed by atoms with Gasteiger partial charge in [-0.25, -0.2) is 9.78 Å². The summed E-state index contributed by atoms with van der Waals surface area (Å²) >= 11 is 0. The van der Waals surface area contributed by atoms with Crippen LogP contribution in [0.15, 0.2) is 6.20 Å². The van der Waals surface area contributed by atoms with Crippen LogP contribution in [0.4, 0.5) is 0 Å². The number of fused-ring (bicyclic) bond motifs is 1. The van der Waals surface area contributed by atoms with Crippen LogP contribution in [0.5, 0.6) is 0 Å². The fourth-order valence-corrected chi connectivity index (χ4v) is 1.72. The van der Waals surface area contributed by atoms with Gasteiger partial charge in [0.1, 0.15) is 5.82 Å². The van der Waals surface area contributed by atoms with Crippen LogP contribution in [0.1, 0.15) is 29.7 Å². The lowest BCUT2D eigenvalue weighted by Crippen LogP contribution is -2.17. The van der Waals surface area contributed by atoms with E-state index in [1.807, 2.05) is 4.57 Å². The highest BCUT2D eigenvalue weighted by Crippen LogP contribution is 2.19. The maximum Gasteiger partial charge on any atom is 0.356 e. The number of rotatable bonds is 1. The molecule has 1 aliphatic rings. The van der Waals surface area contributed by atoms with Crippen molar-refractivity contribution in [1.82, 2.24) is 9.55 Å².